The first-order chi connectivity index (χ1) is 11.0. The maximum absolute atomic E-state index is 12.0. The topological polar surface area (TPSA) is 75.6 Å². The molecule has 0 fully saturated rings. The van der Waals surface area contributed by atoms with Crippen molar-refractivity contribution in [2.45, 2.75) is 26.5 Å². The Morgan fingerprint density at radius 2 is 1.87 bits per heavy atom. The van der Waals surface area contributed by atoms with Crippen LogP contribution in [0.2, 0.25) is 0 Å². The monoisotopic (exact) mass is 313 g/mol. The number of nitrogens with one attached hydrogen (secondary N) is 1. The lowest BCUT2D eigenvalue weighted by Gasteiger charge is -2.14. The van der Waals surface area contributed by atoms with Gasteiger partial charge in [0.05, 0.1) is 5.56 Å². The van der Waals surface area contributed by atoms with Crippen molar-refractivity contribution in [3.63, 3.8) is 0 Å². The number of aryl methyl sites for hydroxylation is 1. The zero-order valence-corrected chi connectivity index (χ0v) is 13.1. The molecular formula is C18H19NO4. The average molecular weight is 313 g/mol. The number of phenolic OH excluding ortho intramolecular Hbond substituents is 1. The van der Waals surface area contributed by atoms with E-state index in [1.54, 1.807) is 19.1 Å². The highest BCUT2D eigenvalue weighted by molar-refractivity contribution is 5.92. The Bertz CT molecular complexity index is 697. The second kappa shape index (κ2) is 7.45. The normalized spacial score (nSPS) is 11.6. The van der Waals surface area contributed by atoms with Crippen LogP contribution in [0, 0.1) is 6.92 Å². The number of benzene rings is 2. The van der Waals surface area contributed by atoms with E-state index in [1.165, 1.54) is 13.0 Å². The Kier molecular flexibility index (Phi) is 5.36. The molecular weight excluding hydrogens is 294 g/mol. The summed E-state index contributed by atoms with van der Waals surface area (Å²) in [6.07, 6.45) is -0.922. The lowest BCUT2D eigenvalue weighted by Crippen LogP contribution is -2.35. The molecule has 0 saturated carbocycles. The Morgan fingerprint density at radius 1 is 1.17 bits per heavy atom. The van der Waals surface area contributed by atoms with Gasteiger partial charge in [0.15, 0.2) is 6.10 Å². The molecule has 5 heteroatoms. The molecule has 0 aliphatic rings. The lowest BCUT2D eigenvalue weighted by atomic mass is 10.1. The van der Waals surface area contributed by atoms with E-state index in [1.807, 2.05) is 30.3 Å². The van der Waals surface area contributed by atoms with Crippen molar-refractivity contribution in [1.82, 2.24) is 5.32 Å². The minimum absolute atomic E-state index is 0.0145. The van der Waals surface area contributed by atoms with Gasteiger partial charge in [-0.3, -0.25) is 4.79 Å². The summed E-state index contributed by atoms with van der Waals surface area (Å²) in [7, 11) is 0. The van der Waals surface area contributed by atoms with Crippen LogP contribution in [0.4, 0.5) is 0 Å². The van der Waals surface area contributed by atoms with E-state index < -0.39 is 12.1 Å². The number of hydrogen-bond acceptors (Lipinski definition) is 4. The van der Waals surface area contributed by atoms with Crippen LogP contribution in [-0.2, 0) is 16.1 Å². The van der Waals surface area contributed by atoms with Gasteiger partial charge in [-0.05, 0) is 37.1 Å². The Balaban J connectivity index is 1.89. The summed E-state index contributed by atoms with van der Waals surface area (Å²) in [6, 6.07) is 13.9. The highest BCUT2D eigenvalue weighted by Gasteiger charge is 2.19. The summed E-state index contributed by atoms with van der Waals surface area (Å²) in [5.74, 6) is -1.01. The van der Waals surface area contributed by atoms with Gasteiger partial charge in [-0.15, -0.1) is 0 Å². The largest absolute Gasteiger partial charge is 0.508 e. The van der Waals surface area contributed by atoms with Crippen LogP contribution in [0.25, 0.3) is 0 Å². The Labute approximate surface area is 134 Å². The summed E-state index contributed by atoms with van der Waals surface area (Å²) < 4.78 is 5.12. The smallest absolute Gasteiger partial charge is 0.339 e. The molecule has 0 radical (unpaired) electrons. The van der Waals surface area contributed by atoms with Crippen LogP contribution in [0.15, 0.2) is 48.5 Å². The molecule has 0 unspecified atom stereocenters. The highest BCUT2D eigenvalue weighted by atomic mass is 16.5. The molecule has 2 aromatic carbocycles. The fourth-order valence-corrected chi connectivity index (χ4v) is 1.95. The van der Waals surface area contributed by atoms with Crippen molar-refractivity contribution in [1.29, 1.82) is 0 Å². The second-order valence-corrected chi connectivity index (χ2v) is 5.25. The third-order valence-corrected chi connectivity index (χ3v) is 3.41. The average Bonchev–Trinajstić information content (AvgIpc) is 2.55. The molecule has 0 saturated heterocycles. The van der Waals surface area contributed by atoms with Gasteiger partial charge in [-0.25, -0.2) is 4.79 Å². The molecule has 2 rings (SSSR count). The molecule has 0 heterocycles. The molecule has 0 spiro atoms. The van der Waals surface area contributed by atoms with Crippen LogP contribution >= 0.6 is 0 Å². The number of ether oxygens (including phenoxy) is 1. The number of carbonyl (C=O) groups is 2. The van der Waals surface area contributed by atoms with E-state index >= 15 is 0 Å². The molecule has 1 amide bonds. The third-order valence-electron chi connectivity index (χ3n) is 3.41. The van der Waals surface area contributed by atoms with Gasteiger partial charge in [0.25, 0.3) is 5.91 Å². The van der Waals surface area contributed by atoms with Gasteiger partial charge in [-0.1, -0.05) is 36.4 Å². The number of hydrogen-bond donors (Lipinski definition) is 2. The van der Waals surface area contributed by atoms with E-state index in [2.05, 4.69) is 5.32 Å². The van der Waals surface area contributed by atoms with Crippen molar-refractivity contribution in [3.05, 3.63) is 65.2 Å². The predicted molar refractivity (Wildman–Crippen MR) is 86.0 cm³/mol. The first kappa shape index (κ1) is 16.5. The summed E-state index contributed by atoms with van der Waals surface area (Å²) >= 11 is 0. The van der Waals surface area contributed by atoms with Crippen LogP contribution in [0.1, 0.15) is 28.4 Å². The molecule has 0 aliphatic heterocycles. The SMILES string of the molecule is Cc1ccc(C(=O)O[C@H](C)C(=O)NCc2ccccc2)cc1O. The van der Waals surface area contributed by atoms with Crippen molar-refractivity contribution in [2.24, 2.45) is 0 Å². The van der Waals surface area contributed by atoms with E-state index in [-0.39, 0.29) is 17.2 Å². The fourth-order valence-electron chi connectivity index (χ4n) is 1.95. The maximum atomic E-state index is 12.0. The maximum Gasteiger partial charge on any atom is 0.339 e. The molecule has 0 bridgehead atoms. The zero-order chi connectivity index (χ0) is 16.8. The minimum Gasteiger partial charge on any atom is -0.508 e. The molecule has 2 N–H and O–H groups in total. The third kappa shape index (κ3) is 4.57. The van der Waals surface area contributed by atoms with E-state index in [0.717, 1.165) is 5.56 Å². The van der Waals surface area contributed by atoms with Crippen molar-refractivity contribution >= 4 is 11.9 Å². The summed E-state index contributed by atoms with van der Waals surface area (Å²) in [5.41, 5.74) is 1.83. The summed E-state index contributed by atoms with van der Waals surface area (Å²) in [6.45, 7) is 3.60. The Hall–Kier alpha value is -2.82. The van der Waals surface area contributed by atoms with Gasteiger partial charge in [0, 0.05) is 6.54 Å². The Morgan fingerprint density at radius 3 is 2.52 bits per heavy atom. The predicted octanol–water partition coefficient (Wildman–Crippen LogP) is 2.56. The van der Waals surface area contributed by atoms with Crippen LogP contribution < -0.4 is 5.32 Å². The number of rotatable bonds is 5. The number of aromatic hydroxyl groups is 1. The minimum atomic E-state index is -0.922. The van der Waals surface area contributed by atoms with Gasteiger partial charge in [0.1, 0.15) is 5.75 Å². The van der Waals surface area contributed by atoms with Crippen molar-refractivity contribution in [3.8, 4) is 5.75 Å². The number of carbonyl (C=O) groups excluding carboxylic acids is 2. The van der Waals surface area contributed by atoms with Gasteiger partial charge >= 0.3 is 5.97 Å². The summed E-state index contributed by atoms with van der Waals surface area (Å²) in [5, 5.41) is 12.3. The van der Waals surface area contributed by atoms with Gasteiger partial charge < -0.3 is 15.2 Å². The van der Waals surface area contributed by atoms with E-state index in [4.69, 9.17) is 4.74 Å². The second-order valence-electron chi connectivity index (χ2n) is 5.25. The molecule has 0 aromatic heterocycles. The highest BCUT2D eigenvalue weighted by Crippen LogP contribution is 2.18. The molecule has 0 aliphatic carbocycles. The first-order valence-corrected chi connectivity index (χ1v) is 7.29. The van der Waals surface area contributed by atoms with E-state index in [0.29, 0.717) is 12.1 Å². The number of esters is 1. The van der Waals surface area contributed by atoms with E-state index in [9.17, 15) is 14.7 Å². The fraction of sp³-hybridized carbons (Fsp3) is 0.222. The lowest BCUT2D eigenvalue weighted by molar-refractivity contribution is -0.129. The first-order valence-electron chi connectivity index (χ1n) is 7.29. The van der Waals surface area contributed by atoms with Gasteiger partial charge in [-0.2, -0.15) is 0 Å². The zero-order valence-electron chi connectivity index (χ0n) is 13.1. The van der Waals surface area contributed by atoms with Crippen LogP contribution in [0.5, 0.6) is 5.75 Å². The molecule has 120 valence electrons. The molecule has 1 atom stereocenters. The van der Waals surface area contributed by atoms with Gasteiger partial charge in [0.2, 0.25) is 0 Å². The van der Waals surface area contributed by atoms with Crippen molar-refractivity contribution < 1.29 is 19.4 Å². The number of amides is 1. The summed E-state index contributed by atoms with van der Waals surface area (Å²) in [4.78, 5) is 24.0. The number of phenols is 1. The molecule has 5 nitrogen and oxygen atoms in total. The quantitative estimate of drug-likeness (QED) is 0.832. The van der Waals surface area contributed by atoms with Crippen molar-refractivity contribution in [2.75, 3.05) is 0 Å². The molecule has 2 aromatic rings. The van der Waals surface area contributed by atoms with Crippen LogP contribution in [-0.4, -0.2) is 23.1 Å². The standard InChI is InChI=1S/C18H19NO4/c1-12-8-9-15(10-16(12)20)18(22)23-13(2)17(21)19-11-14-6-4-3-5-7-14/h3-10,13,20H,11H2,1-2H3,(H,19,21)/t13-/m1/s1. The molecule has 23 heavy (non-hydrogen) atoms. The van der Waals surface area contributed by atoms with Crippen LogP contribution in [0.3, 0.4) is 0 Å².